The molecule has 1 N–H and O–H groups in total. The van der Waals surface area contributed by atoms with E-state index in [0.29, 0.717) is 0 Å². The van der Waals surface area contributed by atoms with Gasteiger partial charge in [0.05, 0.1) is 13.2 Å². The third-order valence-corrected chi connectivity index (χ3v) is 5.53. The van der Waals surface area contributed by atoms with Gasteiger partial charge in [-0.1, -0.05) is 105 Å². The second-order valence-corrected chi connectivity index (χ2v) is 10.2. The van der Waals surface area contributed by atoms with Gasteiger partial charge in [0.1, 0.15) is 11.5 Å². The molecule has 1 rings (SSSR count). The van der Waals surface area contributed by atoms with Crippen molar-refractivity contribution in [3.05, 3.63) is 23.8 Å². The fourth-order valence-corrected chi connectivity index (χ4v) is 3.61. The van der Waals surface area contributed by atoms with Crippen molar-refractivity contribution in [2.24, 2.45) is 5.41 Å². The largest absolute Gasteiger partial charge is 0.493 e. The summed E-state index contributed by atoms with van der Waals surface area (Å²) in [6.45, 7) is 14.7. The molecule has 0 bridgehead atoms. The van der Waals surface area contributed by atoms with Crippen LogP contribution in [0.15, 0.2) is 18.2 Å². The summed E-state index contributed by atoms with van der Waals surface area (Å²) in [5.41, 5.74) is 1.50. The lowest BCUT2D eigenvalue weighted by atomic mass is 9.97. The summed E-state index contributed by atoms with van der Waals surface area (Å²) in [5.74, 6) is 1.92. The van der Waals surface area contributed by atoms with Gasteiger partial charge < -0.3 is 14.8 Å². The first-order valence-corrected chi connectivity index (χ1v) is 13.1. The normalized spacial score (nSPS) is 11.6. The van der Waals surface area contributed by atoms with E-state index >= 15 is 0 Å². The molecule has 3 nitrogen and oxygen atoms in total. The van der Waals surface area contributed by atoms with Crippen molar-refractivity contribution in [2.45, 2.75) is 118 Å². The van der Waals surface area contributed by atoms with E-state index in [1.165, 1.54) is 69.8 Å². The van der Waals surface area contributed by atoms with E-state index < -0.39 is 0 Å². The Labute approximate surface area is 193 Å². The standard InChI is InChI=1S/C28H51NO2/c1-6-8-10-12-14-16-20-30-26-19-18-25(23-29-24-28(3,4)5)27(22-26)31-21-17-15-13-11-9-7-2/h18-19,22,29H,6-17,20-21,23-24H2,1-5H3. The Balaban J connectivity index is 2.51. The Morgan fingerprint density at radius 2 is 1.26 bits per heavy atom. The van der Waals surface area contributed by atoms with Crippen molar-refractivity contribution >= 4 is 0 Å². The molecule has 3 heteroatoms. The van der Waals surface area contributed by atoms with E-state index in [4.69, 9.17) is 9.47 Å². The molecule has 31 heavy (non-hydrogen) atoms. The summed E-state index contributed by atoms with van der Waals surface area (Å²) < 4.78 is 12.3. The topological polar surface area (TPSA) is 30.5 Å². The van der Waals surface area contributed by atoms with Crippen molar-refractivity contribution in [3.63, 3.8) is 0 Å². The van der Waals surface area contributed by atoms with Gasteiger partial charge in [0, 0.05) is 24.7 Å². The molecule has 180 valence electrons. The van der Waals surface area contributed by atoms with Crippen molar-refractivity contribution in [2.75, 3.05) is 19.8 Å². The highest BCUT2D eigenvalue weighted by atomic mass is 16.5. The van der Waals surface area contributed by atoms with Gasteiger partial charge in [0.2, 0.25) is 0 Å². The van der Waals surface area contributed by atoms with E-state index in [1.807, 2.05) is 0 Å². The fourth-order valence-electron chi connectivity index (χ4n) is 3.61. The molecule has 0 atom stereocenters. The zero-order valence-electron chi connectivity index (χ0n) is 21.4. The maximum absolute atomic E-state index is 6.22. The Hall–Kier alpha value is -1.22. The van der Waals surface area contributed by atoms with Crippen LogP contribution in [0.5, 0.6) is 11.5 Å². The zero-order chi connectivity index (χ0) is 22.8. The predicted octanol–water partition coefficient (Wildman–Crippen LogP) is 8.30. The van der Waals surface area contributed by atoms with Gasteiger partial charge in [0.15, 0.2) is 0 Å². The monoisotopic (exact) mass is 433 g/mol. The zero-order valence-corrected chi connectivity index (χ0v) is 21.4. The van der Waals surface area contributed by atoms with Crippen LogP contribution in [0.25, 0.3) is 0 Å². The van der Waals surface area contributed by atoms with Crippen molar-refractivity contribution in [1.29, 1.82) is 0 Å². The third kappa shape index (κ3) is 15.3. The highest BCUT2D eigenvalue weighted by molar-refractivity contribution is 5.40. The molecule has 0 radical (unpaired) electrons. The molecule has 0 spiro atoms. The summed E-state index contributed by atoms with van der Waals surface area (Å²) >= 11 is 0. The maximum Gasteiger partial charge on any atom is 0.127 e. The minimum absolute atomic E-state index is 0.277. The Morgan fingerprint density at radius 1 is 0.710 bits per heavy atom. The molecule has 0 saturated carbocycles. The average molecular weight is 434 g/mol. The Bertz CT molecular complexity index is 550. The molecule has 0 amide bonds. The van der Waals surface area contributed by atoms with Crippen molar-refractivity contribution in [3.8, 4) is 11.5 Å². The summed E-state index contributed by atoms with van der Waals surface area (Å²) in [6, 6.07) is 6.37. The summed E-state index contributed by atoms with van der Waals surface area (Å²) in [5, 5.41) is 3.58. The summed E-state index contributed by atoms with van der Waals surface area (Å²) in [4.78, 5) is 0. The van der Waals surface area contributed by atoms with E-state index in [-0.39, 0.29) is 5.41 Å². The first-order valence-electron chi connectivity index (χ1n) is 13.1. The van der Waals surface area contributed by atoms with Gasteiger partial charge in [-0.2, -0.15) is 0 Å². The second kappa shape index (κ2) is 17.3. The second-order valence-electron chi connectivity index (χ2n) is 10.2. The van der Waals surface area contributed by atoms with Crippen LogP contribution in [0.1, 0.15) is 117 Å². The number of ether oxygens (including phenoxy) is 2. The van der Waals surface area contributed by atoms with Gasteiger partial charge in [0.25, 0.3) is 0 Å². The quantitative estimate of drug-likeness (QED) is 0.223. The first-order chi connectivity index (χ1) is 15.0. The minimum atomic E-state index is 0.277. The van der Waals surface area contributed by atoms with Crippen LogP contribution in [-0.4, -0.2) is 19.8 Å². The average Bonchev–Trinajstić information content (AvgIpc) is 2.73. The molecule has 0 saturated heterocycles. The smallest absolute Gasteiger partial charge is 0.127 e. The van der Waals surface area contributed by atoms with E-state index in [2.05, 4.69) is 58.1 Å². The van der Waals surface area contributed by atoms with Gasteiger partial charge in [-0.25, -0.2) is 0 Å². The lowest BCUT2D eigenvalue weighted by Crippen LogP contribution is -2.26. The first kappa shape index (κ1) is 27.8. The van der Waals surface area contributed by atoms with E-state index in [1.54, 1.807) is 0 Å². The SMILES string of the molecule is CCCCCCCCOc1ccc(CNCC(C)(C)C)c(OCCCCCCCC)c1. The van der Waals surface area contributed by atoms with Gasteiger partial charge in [-0.05, 0) is 24.3 Å². The minimum Gasteiger partial charge on any atom is -0.493 e. The highest BCUT2D eigenvalue weighted by Crippen LogP contribution is 2.26. The van der Waals surface area contributed by atoms with E-state index in [0.717, 1.165) is 50.6 Å². The van der Waals surface area contributed by atoms with Crippen LogP contribution in [0.3, 0.4) is 0 Å². The number of benzene rings is 1. The number of hydrogen-bond acceptors (Lipinski definition) is 3. The van der Waals surface area contributed by atoms with Crippen LogP contribution in [0.4, 0.5) is 0 Å². The van der Waals surface area contributed by atoms with Crippen molar-refractivity contribution in [1.82, 2.24) is 5.32 Å². The molecule has 0 aliphatic carbocycles. The highest BCUT2D eigenvalue weighted by Gasteiger charge is 2.11. The third-order valence-electron chi connectivity index (χ3n) is 5.53. The molecule has 0 aromatic heterocycles. The predicted molar refractivity (Wildman–Crippen MR) is 135 cm³/mol. The maximum atomic E-state index is 6.22. The molecular formula is C28H51NO2. The summed E-state index contributed by atoms with van der Waals surface area (Å²) in [7, 11) is 0. The molecular weight excluding hydrogens is 382 g/mol. The molecule has 1 aromatic rings. The molecule has 0 aliphatic rings. The van der Waals surface area contributed by atoms with Crippen LogP contribution in [0, 0.1) is 5.41 Å². The molecule has 0 heterocycles. The molecule has 0 unspecified atom stereocenters. The van der Waals surface area contributed by atoms with Crippen LogP contribution in [-0.2, 0) is 6.54 Å². The molecule has 1 aromatic carbocycles. The van der Waals surface area contributed by atoms with Crippen LogP contribution >= 0.6 is 0 Å². The number of rotatable bonds is 19. The lowest BCUT2D eigenvalue weighted by molar-refractivity contribution is 0.286. The van der Waals surface area contributed by atoms with Crippen LogP contribution in [0.2, 0.25) is 0 Å². The summed E-state index contributed by atoms with van der Waals surface area (Å²) in [6.07, 6.45) is 15.4. The van der Waals surface area contributed by atoms with E-state index in [9.17, 15) is 0 Å². The van der Waals surface area contributed by atoms with Gasteiger partial charge >= 0.3 is 0 Å². The fraction of sp³-hybridized carbons (Fsp3) is 0.786. The van der Waals surface area contributed by atoms with Crippen LogP contribution < -0.4 is 14.8 Å². The molecule has 0 fully saturated rings. The van der Waals surface area contributed by atoms with Crippen molar-refractivity contribution < 1.29 is 9.47 Å². The lowest BCUT2D eigenvalue weighted by Gasteiger charge is -2.20. The Morgan fingerprint density at radius 3 is 1.84 bits per heavy atom. The van der Waals surface area contributed by atoms with Gasteiger partial charge in [-0.15, -0.1) is 0 Å². The van der Waals surface area contributed by atoms with Gasteiger partial charge in [-0.3, -0.25) is 0 Å². The number of hydrogen-bond donors (Lipinski definition) is 1. The Kier molecular flexibility index (Phi) is 15.6. The number of nitrogens with one attached hydrogen (secondary N) is 1. The number of unbranched alkanes of at least 4 members (excludes halogenated alkanes) is 10. The molecule has 0 aliphatic heterocycles.